The van der Waals surface area contributed by atoms with E-state index >= 15 is 0 Å². The molecule has 2 amide bonds. The number of carbonyl (C=O) groups is 2. The molecule has 2 atom stereocenters. The third kappa shape index (κ3) is 4.78. The molecule has 0 saturated carbocycles. The molecule has 0 bridgehead atoms. The second-order valence-corrected chi connectivity index (χ2v) is 9.90. The van der Waals surface area contributed by atoms with Gasteiger partial charge in [-0.25, -0.2) is 8.42 Å². The summed E-state index contributed by atoms with van der Waals surface area (Å²) < 4.78 is 23.2. The van der Waals surface area contributed by atoms with E-state index in [0.29, 0.717) is 9.23 Å². The summed E-state index contributed by atoms with van der Waals surface area (Å²) >= 11 is 6.40. The number of rotatable bonds is 5. The monoisotopic (exact) mass is 434 g/mol. The second kappa shape index (κ2) is 8.42. The highest BCUT2D eigenvalue weighted by molar-refractivity contribution is 8.26. The van der Waals surface area contributed by atoms with Gasteiger partial charge in [0.05, 0.1) is 16.7 Å². The van der Waals surface area contributed by atoms with Crippen LogP contribution in [0.25, 0.3) is 6.08 Å². The molecular formula is C19H18N2O4S3. The van der Waals surface area contributed by atoms with Crippen LogP contribution in [0.5, 0.6) is 0 Å². The number of allylic oxidation sites excluding steroid dienone is 2. The van der Waals surface area contributed by atoms with Crippen LogP contribution in [-0.2, 0) is 19.4 Å². The van der Waals surface area contributed by atoms with Crippen LogP contribution in [0.1, 0.15) is 12.5 Å². The Labute approximate surface area is 173 Å². The Hall–Kier alpha value is -2.23. The molecule has 28 heavy (non-hydrogen) atoms. The van der Waals surface area contributed by atoms with E-state index < -0.39 is 27.8 Å². The largest absolute Gasteiger partial charge is 0.347 e. The first-order valence-corrected chi connectivity index (χ1v) is 11.4. The summed E-state index contributed by atoms with van der Waals surface area (Å²) in [7, 11) is -3.27. The molecule has 1 aromatic rings. The Kier molecular flexibility index (Phi) is 6.17. The van der Waals surface area contributed by atoms with Crippen molar-refractivity contribution in [2.24, 2.45) is 0 Å². The molecule has 1 saturated heterocycles. The molecule has 2 heterocycles. The molecule has 1 aromatic carbocycles. The third-order valence-electron chi connectivity index (χ3n) is 4.18. The van der Waals surface area contributed by atoms with Crippen LogP contribution in [0.3, 0.4) is 0 Å². The van der Waals surface area contributed by atoms with Crippen LogP contribution in [0, 0.1) is 0 Å². The van der Waals surface area contributed by atoms with Crippen molar-refractivity contribution in [2.45, 2.75) is 19.0 Å². The average molecular weight is 435 g/mol. The Morgan fingerprint density at radius 1 is 1.36 bits per heavy atom. The number of sulfone groups is 1. The number of amides is 2. The molecule has 2 aliphatic rings. The maximum absolute atomic E-state index is 12.7. The Balaban J connectivity index is 1.65. The van der Waals surface area contributed by atoms with E-state index in [1.54, 1.807) is 19.1 Å². The predicted molar refractivity (Wildman–Crippen MR) is 115 cm³/mol. The molecule has 0 unspecified atom stereocenters. The van der Waals surface area contributed by atoms with Gasteiger partial charge in [0.15, 0.2) is 9.84 Å². The zero-order valence-electron chi connectivity index (χ0n) is 14.9. The van der Waals surface area contributed by atoms with Gasteiger partial charge in [0.1, 0.15) is 10.4 Å². The van der Waals surface area contributed by atoms with E-state index in [0.717, 1.165) is 22.7 Å². The van der Waals surface area contributed by atoms with Gasteiger partial charge in [0.2, 0.25) is 5.91 Å². The number of thiocarbonyl (C=S) groups is 1. The van der Waals surface area contributed by atoms with Crippen LogP contribution in [0.4, 0.5) is 0 Å². The topological polar surface area (TPSA) is 83.6 Å². The maximum atomic E-state index is 12.7. The van der Waals surface area contributed by atoms with Crippen LogP contribution in [0.2, 0.25) is 0 Å². The fourth-order valence-corrected chi connectivity index (χ4v) is 5.33. The summed E-state index contributed by atoms with van der Waals surface area (Å²) in [5.74, 6) is -0.970. The van der Waals surface area contributed by atoms with Crippen molar-refractivity contribution >= 4 is 56.0 Å². The molecule has 1 fully saturated rings. The van der Waals surface area contributed by atoms with Crippen LogP contribution in [-0.4, -0.2) is 47.3 Å². The van der Waals surface area contributed by atoms with Crippen molar-refractivity contribution in [3.05, 3.63) is 64.4 Å². The number of hydrogen-bond acceptors (Lipinski definition) is 6. The van der Waals surface area contributed by atoms with Crippen molar-refractivity contribution in [3.8, 4) is 0 Å². The SMILES string of the molecule is C[C@@H](C(=O)N[C@H]1C=CS(=O)(=O)C1)N1C(=O)/C(=C/C=C/c2ccccc2)SC1=S. The van der Waals surface area contributed by atoms with Gasteiger partial charge in [-0.3, -0.25) is 14.5 Å². The highest BCUT2D eigenvalue weighted by atomic mass is 32.2. The zero-order chi connectivity index (χ0) is 20.3. The molecule has 3 rings (SSSR count). The van der Waals surface area contributed by atoms with Gasteiger partial charge >= 0.3 is 0 Å². The molecule has 0 aliphatic carbocycles. The third-order valence-corrected chi connectivity index (χ3v) is 6.93. The minimum absolute atomic E-state index is 0.173. The summed E-state index contributed by atoms with van der Waals surface area (Å²) in [5.41, 5.74) is 1.00. The van der Waals surface area contributed by atoms with Crippen molar-refractivity contribution in [1.82, 2.24) is 10.2 Å². The summed E-state index contributed by atoms with van der Waals surface area (Å²) in [6.07, 6.45) is 6.73. The van der Waals surface area contributed by atoms with Crippen LogP contribution < -0.4 is 5.32 Å². The number of nitrogens with one attached hydrogen (secondary N) is 1. The van der Waals surface area contributed by atoms with Gasteiger partial charge in [0, 0.05) is 5.41 Å². The zero-order valence-corrected chi connectivity index (χ0v) is 17.4. The first kappa shape index (κ1) is 20.5. The van der Waals surface area contributed by atoms with Crippen molar-refractivity contribution < 1.29 is 18.0 Å². The van der Waals surface area contributed by atoms with E-state index in [-0.39, 0.29) is 11.7 Å². The lowest BCUT2D eigenvalue weighted by Gasteiger charge is -2.23. The fourth-order valence-electron chi connectivity index (χ4n) is 2.72. The Bertz CT molecular complexity index is 997. The summed E-state index contributed by atoms with van der Waals surface area (Å²) in [5, 5.41) is 3.72. The van der Waals surface area contributed by atoms with E-state index in [1.807, 2.05) is 36.4 Å². The van der Waals surface area contributed by atoms with Gasteiger partial charge in [0.25, 0.3) is 5.91 Å². The van der Waals surface area contributed by atoms with Crippen molar-refractivity contribution in [2.75, 3.05) is 5.75 Å². The molecule has 6 nitrogen and oxygen atoms in total. The van der Waals surface area contributed by atoms with E-state index in [2.05, 4.69) is 5.32 Å². The molecular weight excluding hydrogens is 416 g/mol. The maximum Gasteiger partial charge on any atom is 0.266 e. The van der Waals surface area contributed by atoms with Crippen molar-refractivity contribution in [3.63, 3.8) is 0 Å². The minimum Gasteiger partial charge on any atom is -0.347 e. The summed E-state index contributed by atoms with van der Waals surface area (Å²) in [6.45, 7) is 1.57. The quantitative estimate of drug-likeness (QED) is 0.565. The minimum atomic E-state index is -3.27. The van der Waals surface area contributed by atoms with Crippen LogP contribution >= 0.6 is 24.0 Å². The Morgan fingerprint density at radius 2 is 2.07 bits per heavy atom. The van der Waals surface area contributed by atoms with Crippen LogP contribution in [0.15, 0.2) is 58.9 Å². The standard InChI is InChI=1S/C19H18N2O4S3/c1-13(17(22)20-15-10-11-28(24,25)12-15)21-18(23)16(27-19(21)26)9-5-8-14-6-3-2-4-7-14/h2-11,13,15H,12H2,1H3,(H,20,22)/b8-5+,16-9-/t13-,15-/m0/s1. The molecule has 146 valence electrons. The fraction of sp³-hybridized carbons (Fsp3) is 0.211. The predicted octanol–water partition coefficient (Wildman–Crippen LogP) is 2.26. The Morgan fingerprint density at radius 3 is 2.71 bits per heavy atom. The number of thioether (sulfide) groups is 1. The molecule has 2 aliphatic heterocycles. The lowest BCUT2D eigenvalue weighted by Crippen LogP contribution is -2.49. The lowest BCUT2D eigenvalue weighted by atomic mass is 10.2. The van der Waals surface area contributed by atoms with Gasteiger partial charge in [-0.1, -0.05) is 66.5 Å². The molecule has 0 spiro atoms. The van der Waals surface area contributed by atoms with E-state index in [9.17, 15) is 18.0 Å². The first-order valence-electron chi connectivity index (χ1n) is 8.47. The second-order valence-electron chi connectivity index (χ2n) is 6.29. The highest BCUT2D eigenvalue weighted by Gasteiger charge is 2.38. The van der Waals surface area contributed by atoms with Gasteiger partial charge in [-0.2, -0.15) is 0 Å². The van der Waals surface area contributed by atoms with Gasteiger partial charge in [-0.05, 0) is 24.6 Å². The summed E-state index contributed by atoms with van der Waals surface area (Å²) in [6, 6.07) is 8.22. The van der Waals surface area contributed by atoms with Gasteiger partial charge < -0.3 is 5.32 Å². The van der Waals surface area contributed by atoms with Gasteiger partial charge in [-0.15, -0.1) is 0 Å². The number of benzene rings is 1. The number of hydrogen-bond donors (Lipinski definition) is 1. The molecule has 0 aromatic heterocycles. The molecule has 1 N–H and O–H groups in total. The number of nitrogens with zero attached hydrogens (tertiary/aromatic N) is 1. The molecule has 0 radical (unpaired) electrons. The normalized spacial score (nSPS) is 23.7. The van der Waals surface area contributed by atoms with E-state index in [4.69, 9.17) is 12.2 Å². The van der Waals surface area contributed by atoms with E-state index in [1.165, 1.54) is 11.0 Å². The van der Waals surface area contributed by atoms with Crippen molar-refractivity contribution in [1.29, 1.82) is 0 Å². The average Bonchev–Trinajstić information content (AvgIpc) is 3.13. The smallest absolute Gasteiger partial charge is 0.266 e. The lowest BCUT2D eigenvalue weighted by molar-refractivity contribution is -0.132. The summed E-state index contributed by atoms with van der Waals surface area (Å²) in [4.78, 5) is 26.8. The highest BCUT2D eigenvalue weighted by Crippen LogP contribution is 2.32. The first-order chi connectivity index (χ1) is 13.3. The number of carbonyl (C=O) groups excluding carboxylic acids is 2. The molecule has 9 heteroatoms.